The minimum absolute atomic E-state index is 0.832. The van der Waals surface area contributed by atoms with Gasteiger partial charge in [-0.25, -0.2) is 0 Å². The molecule has 0 N–H and O–H groups in total. The standard InChI is InChI=1S/C13H18N2O.C2H6/c1-11-12-7-3-4-8-13(12)15(14-11)9-5-6-10-16-2;1-2/h3-4,7-8H,5-6,9-10H2,1-2H3;1-2H3. The van der Waals surface area contributed by atoms with Gasteiger partial charge in [-0.15, -0.1) is 0 Å². The van der Waals surface area contributed by atoms with E-state index in [0.717, 1.165) is 31.7 Å². The molecule has 0 aliphatic carbocycles. The maximum Gasteiger partial charge on any atom is 0.0685 e. The molecule has 0 unspecified atom stereocenters. The van der Waals surface area contributed by atoms with Crippen molar-refractivity contribution in [2.75, 3.05) is 13.7 Å². The van der Waals surface area contributed by atoms with E-state index < -0.39 is 0 Å². The Bertz CT molecular complexity index is 462. The third kappa shape index (κ3) is 3.57. The normalized spacial score (nSPS) is 10.2. The van der Waals surface area contributed by atoms with E-state index in [2.05, 4.69) is 41.0 Å². The van der Waals surface area contributed by atoms with Gasteiger partial charge < -0.3 is 4.74 Å². The number of nitrogens with zero attached hydrogens (tertiary/aromatic N) is 2. The summed E-state index contributed by atoms with van der Waals surface area (Å²) in [5.41, 5.74) is 2.35. The molecule has 18 heavy (non-hydrogen) atoms. The zero-order valence-electron chi connectivity index (χ0n) is 11.9. The fourth-order valence-electron chi connectivity index (χ4n) is 1.97. The van der Waals surface area contributed by atoms with Crippen LogP contribution in [0.5, 0.6) is 0 Å². The van der Waals surface area contributed by atoms with Crippen molar-refractivity contribution in [1.29, 1.82) is 0 Å². The highest BCUT2D eigenvalue weighted by Gasteiger charge is 2.05. The van der Waals surface area contributed by atoms with Gasteiger partial charge in [0.15, 0.2) is 0 Å². The van der Waals surface area contributed by atoms with Crippen LogP contribution in [0.3, 0.4) is 0 Å². The quantitative estimate of drug-likeness (QED) is 0.753. The van der Waals surface area contributed by atoms with E-state index in [-0.39, 0.29) is 0 Å². The predicted molar refractivity (Wildman–Crippen MR) is 76.9 cm³/mol. The fourth-order valence-corrected chi connectivity index (χ4v) is 1.97. The van der Waals surface area contributed by atoms with Gasteiger partial charge in [0.05, 0.1) is 11.2 Å². The number of fused-ring (bicyclic) bond motifs is 1. The van der Waals surface area contributed by atoms with Crippen molar-refractivity contribution in [1.82, 2.24) is 9.78 Å². The molecule has 100 valence electrons. The Labute approximate surface area is 110 Å². The van der Waals surface area contributed by atoms with Crippen LogP contribution in [0, 0.1) is 6.92 Å². The highest BCUT2D eigenvalue weighted by Crippen LogP contribution is 2.17. The first kappa shape index (κ1) is 14.7. The number of benzene rings is 1. The van der Waals surface area contributed by atoms with Crippen LogP contribution >= 0.6 is 0 Å². The molecule has 0 saturated heterocycles. The first-order chi connectivity index (χ1) is 8.83. The summed E-state index contributed by atoms with van der Waals surface area (Å²) >= 11 is 0. The zero-order chi connectivity index (χ0) is 13.4. The maximum atomic E-state index is 5.04. The van der Waals surface area contributed by atoms with E-state index in [1.165, 1.54) is 10.9 Å². The predicted octanol–water partition coefficient (Wildman–Crippen LogP) is 3.80. The molecule has 0 amide bonds. The molecule has 0 radical (unpaired) electrons. The average molecular weight is 248 g/mol. The number of hydrogen-bond acceptors (Lipinski definition) is 2. The van der Waals surface area contributed by atoms with Crippen molar-refractivity contribution in [2.24, 2.45) is 0 Å². The number of hydrogen-bond donors (Lipinski definition) is 0. The molecular formula is C15H24N2O. The number of unbranched alkanes of at least 4 members (excludes halogenated alkanes) is 1. The third-order valence-corrected chi connectivity index (χ3v) is 2.81. The van der Waals surface area contributed by atoms with E-state index in [9.17, 15) is 0 Å². The fraction of sp³-hybridized carbons (Fsp3) is 0.533. The van der Waals surface area contributed by atoms with Crippen LogP contribution in [-0.2, 0) is 11.3 Å². The summed E-state index contributed by atoms with van der Waals surface area (Å²) in [7, 11) is 1.74. The van der Waals surface area contributed by atoms with Crippen molar-refractivity contribution in [3.8, 4) is 0 Å². The molecule has 0 aliphatic rings. The van der Waals surface area contributed by atoms with Gasteiger partial charge >= 0.3 is 0 Å². The number of methoxy groups -OCH3 is 1. The summed E-state index contributed by atoms with van der Waals surface area (Å²) in [6.07, 6.45) is 2.20. The molecule has 1 aromatic carbocycles. The monoisotopic (exact) mass is 248 g/mol. The van der Waals surface area contributed by atoms with Gasteiger partial charge in [0, 0.05) is 25.6 Å². The lowest BCUT2D eigenvalue weighted by Gasteiger charge is -2.02. The lowest BCUT2D eigenvalue weighted by atomic mass is 10.2. The number of ether oxygens (including phenoxy) is 1. The van der Waals surface area contributed by atoms with Crippen molar-refractivity contribution in [2.45, 2.75) is 40.2 Å². The molecule has 0 atom stereocenters. The number of para-hydroxylation sites is 1. The Balaban J connectivity index is 0.000000771. The Morgan fingerprint density at radius 3 is 2.61 bits per heavy atom. The van der Waals surface area contributed by atoms with E-state index >= 15 is 0 Å². The highest BCUT2D eigenvalue weighted by atomic mass is 16.5. The molecule has 1 heterocycles. The van der Waals surface area contributed by atoms with Gasteiger partial charge in [0.25, 0.3) is 0 Å². The van der Waals surface area contributed by atoms with E-state index in [4.69, 9.17) is 4.74 Å². The summed E-state index contributed by atoms with van der Waals surface area (Å²) in [5, 5.41) is 5.82. The summed E-state index contributed by atoms with van der Waals surface area (Å²) in [6, 6.07) is 8.39. The second-order valence-corrected chi connectivity index (χ2v) is 4.03. The van der Waals surface area contributed by atoms with Crippen LogP contribution in [0.1, 0.15) is 32.4 Å². The van der Waals surface area contributed by atoms with Crippen LogP contribution in [0.25, 0.3) is 10.9 Å². The molecule has 0 aliphatic heterocycles. The molecule has 0 saturated carbocycles. The smallest absolute Gasteiger partial charge is 0.0685 e. The van der Waals surface area contributed by atoms with E-state index in [1.807, 2.05) is 13.8 Å². The Hall–Kier alpha value is -1.35. The Morgan fingerprint density at radius 1 is 1.17 bits per heavy atom. The van der Waals surface area contributed by atoms with Crippen LogP contribution in [0.2, 0.25) is 0 Å². The highest BCUT2D eigenvalue weighted by molar-refractivity contribution is 5.81. The second kappa shape index (κ2) is 7.88. The lowest BCUT2D eigenvalue weighted by Crippen LogP contribution is -2.01. The Morgan fingerprint density at radius 2 is 1.89 bits per heavy atom. The minimum atomic E-state index is 0.832. The molecule has 0 bridgehead atoms. The SMILES string of the molecule is CC.COCCCCn1nc(C)c2ccccc21. The molecule has 2 rings (SSSR count). The van der Waals surface area contributed by atoms with Crippen molar-refractivity contribution in [3.63, 3.8) is 0 Å². The summed E-state index contributed by atoms with van der Waals surface area (Å²) in [5.74, 6) is 0. The van der Waals surface area contributed by atoms with Gasteiger partial charge in [0.1, 0.15) is 0 Å². The van der Waals surface area contributed by atoms with Gasteiger partial charge in [0.2, 0.25) is 0 Å². The summed E-state index contributed by atoms with van der Waals surface area (Å²) < 4.78 is 7.14. The Kier molecular flexibility index (Phi) is 6.44. The lowest BCUT2D eigenvalue weighted by molar-refractivity contribution is 0.191. The van der Waals surface area contributed by atoms with Crippen molar-refractivity contribution >= 4 is 10.9 Å². The number of aryl methyl sites for hydroxylation is 2. The topological polar surface area (TPSA) is 27.1 Å². The van der Waals surface area contributed by atoms with Crippen LogP contribution < -0.4 is 0 Å². The first-order valence-electron chi connectivity index (χ1n) is 6.74. The van der Waals surface area contributed by atoms with Gasteiger partial charge in [-0.3, -0.25) is 4.68 Å². The van der Waals surface area contributed by atoms with Crippen LogP contribution in [-0.4, -0.2) is 23.5 Å². The molecule has 2 aromatic rings. The van der Waals surface area contributed by atoms with Gasteiger partial charge in [-0.1, -0.05) is 32.0 Å². The zero-order valence-corrected chi connectivity index (χ0v) is 11.9. The maximum absolute atomic E-state index is 5.04. The van der Waals surface area contributed by atoms with Crippen LogP contribution in [0.15, 0.2) is 24.3 Å². The number of rotatable bonds is 5. The largest absolute Gasteiger partial charge is 0.385 e. The van der Waals surface area contributed by atoms with E-state index in [0.29, 0.717) is 0 Å². The van der Waals surface area contributed by atoms with Crippen molar-refractivity contribution in [3.05, 3.63) is 30.0 Å². The molecule has 0 spiro atoms. The van der Waals surface area contributed by atoms with Crippen molar-refractivity contribution < 1.29 is 4.74 Å². The molecular weight excluding hydrogens is 224 g/mol. The average Bonchev–Trinajstić information content (AvgIpc) is 2.75. The molecule has 1 aromatic heterocycles. The molecule has 0 fully saturated rings. The molecule has 3 nitrogen and oxygen atoms in total. The second-order valence-electron chi connectivity index (χ2n) is 4.03. The van der Waals surface area contributed by atoms with Gasteiger partial charge in [-0.2, -0.15) is 5.10 Å². The van der Waals surface area contributed by atoms with Crippen LogP contribution in [0.4, 0.5) is 0 Å². The summed E-state index contributed by atoms with van der Waals surface area (Å²) in [6.45, 7) is 7.86. The van der Waals surface area contributed by atoms with Gasteiger partial charge in [-0.05, 0) is 25.8 Å². The first-order valence-corrected chi connectivity index (χ1v) is 6.74. The number of aromatic nitrogens is 2. The molecule has 3 heteroatoms. The van der Waals surface area contributed by atoms with E-state index in [1.54, 1.807) is 7.11 Å². The third-order valence-electron chi connectivity index (χ3n) is 2.81. The summed E-state index contributed by atoms with van der Waals surface area (Å²) in [4.78, 5) is 0. The minimum Gasteiger partial charge on any atom is -0.385 e.